The maximum atomic E-state index is 12.8. The summed E-state index contributed by atoms with van der Waals surface area (Å²) in [4.78, 5) is 18.6. The maximum absolute atomic E-state index is 12.8. The summed E-state index contributed by atoms with van der Waals surface area (Å²) in [5.41, 5.74) is 2.51. The number of fused-ring (bicyclic) bond motifs is 1. The van der Waals surface area contributed by atoms with Crippen LogP contribution in [0, 0.1) is 0 Å². The molecule has 0 fully saturated rings. The van der Waals surface area contributed by atoms with Crippen molar-refractivity contribution in [2.75, 3.05) is 27.3 Å². The molecule has 2 heterocycles. The van der Waals surface area contributed by atoms with Crippen LogP contribution in [0.2, 0.25) is 0 Å². The van der Waals surface area contributed by atoms with Crippen LogP contribution in [0.25, 0.3) is 11.1 Å². The van der Waals surface area contributed by atoms with Gasteiger partial charge in [-0.25, -0.2) is 0 Å². The molecule has 0 saturated carbocycles. The number of benzene rings is 2. The first kappa shape index (κ1) is 18.8. The topological polar surface area (TPSA) is 60.9 Å². The van der Waals surface area contributed by atoms with Crippen molar-refractivity contribution in [3.8, 4) is 28.4 Å². The molecule has 0 bridgehead atoms. The molecule has 3 aromatic rings. The molecule has 1 aliphatic heterocycles. The molecular weight excluding hydrogens is 368 g/mol. The molecular formula is C23H22N2O4. The van der Waals surface area contributed by atoms with Crippen LogP contribution in [0.5, 0.6) is 17.2 Å². The van der Waals surface area contributed by atoms with E-state index in [1.54, 1.807) is 31.5 Å². The van der Waals surface area contributed by atoms with E-state index in [-0.39, 0.29) is 12.0 Å². The van der Waals surface area contributed by atoms with Gasteiger partial charge in [-0.1, -0.05) is 24.3 Å². The quantitative estimate of drug-likeness (QED) is 0.665. The van der Waals surface area contributed by atoms with Crippen LogP contribution in [0.4, 0.5) is 0 Å². The van der Waals surface area contributed by atoms with E-state index >= 15 is 0 Å². The number of ether oxygens (including phenoxy) is 3. The summed E-state index contributed by atoms with van der Waals surface area (Å²) in [7, 11) is 3.38. The summed E-state index contributed by atoms with van der Waals surface area (Å²) in [6, 6.07) is 16.9. The molecule has 0 radical (unpaired) electrons. The second-order valence-corrected chi connectivity index (χ2v) is 6.84. The number of hydrogen-bond acceptors (Lipinski definition) is 5. The van der Waals surface area contributed by atoms with Gasteiger partial charge in [-0.05, 0) is 35.9 Å². The number of likely N-dealkylation sites (N-methyl/N-ethyl adjacent to an activating group) is 1. The monoisotopic (exact) mass is 390 g/mol. The van der Waals surface area contributed by atoms with E-state index in [0.717, 1.165) is 16.9 Å². The van der Waals surface area contributed by atoms with Crippen molar-refractivity contribution in [2.45, 2.75) is 6.10 Å². The van der Waals surface area contributed by atoms with E-state index in [4.69, 9.17) is 14.2 Å². The third kappa shape index (κ3) is 4.01. The van der Waals surface area contributed by atoms with E-state index in [1.165, 1.54) is 0 Å². The lowest BCUT2D eigenvalue weighted by Crippen LogP contribution is -2.41. The number of carbonyl (C=O) groups is 1. The molecule has 148 valence electrons. The van der Waals surface area contributed by atoms with Gasteiger partial charge in [-0.2, -0.15) is 0 Å². The van der Waals surface area contributed by atoms with Gasteiger partial charge in [-0.3, -0.25) is 9.78 Å². The SMILES string of the molecule is COc1cnccc1-c1ccc(C(=O)N(C)CC2COc3ccccc3O2)cc1. The third-order valence-corrected chi connectivity index (χ3v) is 4.84. The standard InChI is InChI=1S/C23H22N2O4/c1-25(14-18-15-28-20-5-3-4-6-21(20)29-18)23(26)17-9-7-16(8-10-17)19-11-12-24-13-22(19)27-2/h3-13,18H,14-15H2,1-2H3. The van der Waals surface area contributed by atoms with Gasteiger partial charge in [0.2, 0.25) is 0 Å². The zero-order valence-corrected chi connectivity index (χ0v) is 16.4. The first-order valence-corrected chi connectivity index (χ1v) is 9.38. The highest BCUT2D eigenvalue weighted by molar-refractivity contribution is 5.94. The lowest BCUT2D eigenvalue weighted by Gasteiger charge is -2.29. The molecule has 6 heteroatoms. The third-order valence-electron chi connectivity index (χ3n) is 4.84. The van der Waals surface area contributed by atoms with Gasteiger partial charge >= 0.3 is 0 Å². The summed E-state index contributed by atoms with van der Waals surface area (Å²) in [5.74, 6) is 2.07. The van der Waals surface area contributed by atoms with Gasteiger partial charge in [0.25, 0.3) is 5.91 Å². The lowest BCUT2D eigenvalue weighted by atomic mass is 10.0. The molecule has 0 aliphatic carbocycles. The van der Waals surface area contributed by atoms with Crippen molar-refractivity contribution >= 4 is 5.91 Å². The Labute approximate surface area is 169 Å². The first-order valence-electron chi connectivity index (χ1n) is 9.38. The highest BCUT2D eigenvalue weighted by Gasteiger charge is 2.24. The van der Waals surface area contributed by atoms with Gasteiger partial charge in [0.05, 0.1) is 19.9 Å². The Balaban J connectivity index is 1.43. The minimum absolute atomic E-state index is 0.0688. The second-order valence-electron chi connectivity index (χ2n) is 6.84. The van der Waals surface area contributed by atoms with Gasteiger partial charge in [0, 0.05) is 24.4 Å². The second kappa shape index (κ2) is 8.22. The predicted octanol–water partition coefficient (Wildman–Crippen LogP) is 3.67. The normalized spacial score (nSPS) is 14.9. The Morgan fingerprint density at radius 1 is 1.14 bits per heavy atom. The van der Waals surface area contributed by atoms with E-state index < -0.39 is 0 Å². The molecule has 2 aromatic carbocycles. The van der Waals surface area contributed by atoms with Crippen molar-refractivity contribution in [1.82, 2.24) is 9.88 Å². The highest BCUT2D eigenvalue weighted by Crippen LogP contribution is 2.31. The number of carbonyl (C=O) groups excluding carboxylic acids is 1. The van der Waals surface area contributed by atoms with E-state index in [0.29, 0.717) is 30.2 Å². The maximum Gasteiger partial charge on any atom is 0.253 e. The molecule has 29 heavy (non-hydrogen) atoms. The molecule has 1 aliphatic rings. The summed E-state index contributed by atoms with van der Waals surface area (Å²) in [5, 5.41) is 0. The predicted molar refractivity (Wildman–Crippen MR) is 110 cm³/mol. The molecule has 0 N–H and O–H groups in total. The Morgan fingerprint density at radius 2 is 1.90 bits per heavy atom. The molecule has 0 saturated heterocycles. The fourth-order valence-corrected chi connectivity index (χ4v) is 3.34. The number of amides is 1. The van der Waals surface area contributed by atoms with Gasteiger partial charge in [0.1, 0.15) is 12.4 Å². The van der Waals surface area contributed by atoms with Crippen LogP contribution < -0.4 is 14.2 Å². The van der Waals surface area contributed by atoms with Crippen LogP contribution in [0.3, 0.4) is 0 Å². The highest BCUT2D eigenvalue weighted by atomic mass is 16.6. The van der Waals surface area contributed by atoms with Crippen LogP contribution >= 0.6 is 0 Å². The van der Waals surface area contributed by atoms with Crippen molar-refractivity contribution in [3.63, 3.8) is 0 Å². The molecule has 1 atom stereocenters. The minimum Gasteiger partial charge on any atom is -0.494 e. The van der Waals surface area contributed by atoms with Crippen LogP contribution in [0.15, 0.2) is 67.0 Å². The Morgan fingerprint density at radius 3 is 2.66 bits per heavy atom. The Hall–Kier alpha value is -3.54. The van der Waals surface area contributed by atoms with Crippen molar-refractivity contribution in [2.24, 2.45) is 0 Å². The van der Waals surface area contributed by atoms with Crippen molar-refractivity contribution in [1.29, 1.82) is 0 Å². The number of pyridine rings is 1. The van der Waals surface area contributed by atoms with Crippen LogP contribution in [0.1, 0.15) is 10.4 Å². The fraction of sp³-hybridized carbons (Fsp3) is 0.217. The average Bonchev–Trinajstić information content (AvgIpc) is 2.78. The van der Waals surface area contributed by atoms with Crippen LogP contribution in [-0.2, 0) is 0 Å². The summed E-state index contributed by atoms with van der Waals surface area (Å²) < 4.78 is 17.0. The molecule has 6 nitrogen and oxygen atoms in total. The molecule has 1 aromatic heterocycles. The van der Waals surface area contributed by atoms with Crippen molar-refractivity contribution < 1.29 is 19.0 Å². The Bertz CT molecular complexity index is 1000. The number of hydrogen-bond donors (Lipinski definition) is 0. The Kier molecular flexibility index (Phi) is 5.33. The molecule has 0 spiro atoms. The number of methoxy groups -OCH3 is 1. The van der Waals surface area contributed by atoms with Gasteiger partial charge < -0.3 is 19.1 Å². The molecule has 4 rings (SSSR count). The fourth-order valence-electron chi connectivity index (χ4n) is 3.34. The number of rotatable bonds is 5. The largest absolute Gasteiger partial charge is 0.494 e. The van der Waals surface area contributed by atoms with E-state index in [9.17, 15) is 4.79 Å². The smallest absolute Gasteiger partial charge is 0.253 e. The van der Waals surface area contributed by atoms with Gasteiger partial charge in [-0.15, -0.1) is 0 Å². The zero-order chi connectivity index (χ0) is 20.2. The summed E-state index contributed by atoms with van der Waals surface area (Å²) in [6.07, 6.45) is 3.18. The number of para-hydroxylation sites is 2. The van der Waals surface area contributed by atoms with E-state index in [2.05, 4.69) is 4.98 Å². The number of nitrogens with zero attached hydrogens (tertiary/aromatic N) is 2. The van der Waals surface area contributed by atoms with Gasteiger partial charge in [0.15, 0.2) is 17.6 Å². The zero-order valence-electron chi connectivity index (χ0n) is 16.4. The summed E-state index contributed by atoms with van der Waals surface area (Å²) in [6.45, 7) is 0.850. The minimum atomic E-state index is -0.209. The lowest BCUT2D eigenvalue weighted by molar-refractivity contribution is 0.0521. The molecule has 1 unspecified atom stereocenters. The number of aromatic nitrogens is 1. The van der Waals surface area contributed by atoms with Crippen molar-refractivity contribution in [3.05, 3.63) is 72.6 Å². The molecule has 1 amide bonds. The van der Waals surface area contributed by atoms with E-state index in [1.807, 2.05) is 54.6 Å². The first-order chi connectivity index (χ1) is 14.2. The van der Waals surface area contributed by atoms with Crippen LogP contribution in [-0.4, -0.2) is 49.2 Å². The average molecular weight is 390 g/mol. The summed E-state index contributed by atoms with van der Waals surface area (Å²) >= 11 is 0.